The largest absolute Gasteiger partial charge is 0.385 e. The van der Waals surface area contributed by atoms with Crippen LogP contribution in [-0.2, 0) is 12.0 Å². The van der Waals surface area contributed by atoms with Gasteiger partial charge in [0.05, 0.1) is 10.1 Å². The molecule has 0 heterocycles. The molecule has 0 saturated heterocycles. The normalized spacial score (nSPS) is 14.2. The third kappa shape index (κ3) is 3.23. The van der Waals surface area contributed by atoms with Crippen LogP contribution in [0.5, 0.6) is 0 Å². The molecular weight excluding hydrogens is 307 g/mol. The summed E-state index contributed by atoms with van der Waals surface area (Å²) in [5.74, 6) is -0.308. The summed E-state index contributed by atoms with van der Waals surface area (Å²) < 4.78 is 13.9. The molecule has 0 fully saturated rings. The second kappa shape index (κ2) is 5.43. The van der Waals surface area contributed by atoms with Gasteiger partial charge in [0.2, 0.25) is 0 Å². The summed E-state index contributed by atoms with van der Waals surface area (Å²) in [7, 11) is 0. The number of hydrogen-bond donors (Lipinski definition) is 1. The molecule has 3 heteroatoms. The first-order valence-electron chi connectivity index (χ1n) is 6.12. The summed E-state index contributed by atoms with van der Waals surface area (Å²) in [6.07, 6.45) is 0.356. The summed E-state index contributed by atoms with van der Waals surface area (Å²) in [6.45, 7) is 3.75. The summed E-state index contributed by atoms with van der Waals surface area (Å²) >= 11 is 3.23. The Morgan fingerprint density at radius 2 is 1.79 bits per heavy atom. The van der Waals surface area contributed by atoms with Gasteiger partial charge in [-0.3, -0.25) is 0 Å². The fourth-order valence-corrected chi connectivity index (χ4v) is 2.48. The highest BCUT2D eigenvalue weighted by Gasteiger charge is 2.24. The molecule has 2 aromatic carbocycles. The average Bonchev–Trinajstić information content (AvgIpc) is 2.35. The lowest BCUT2D eigenvalue weighted by Gasteiger charge is -2.25. The predicted octanol–water partition coefficient (Wildman–Crippen LogP) is 4.35. The van der Waals surface area contributed by atoms with Crippen molar-refractivity contribution in [2.75, 3.05) is 0 Å². The van der Waals surface area contributed by atoms with E-state index in [0.29, 0.717) is 10.9 Å². The highest BCUT2D eigenvalue weighted by Crippen LogP contribution is 2.30. The predicted molar refractivity (Wildman–Crippen MR) is 78.6 cm³/mol. The fraction of sp³-hybridized carbons (Fsp3) is 0.250. The summed E-state index contributed by atoms with van der Waals surface area (Å²) in [5.41, 5.74) is 1.70. The third-order valence-corrected chi connectivity index (χ3v) is 4.13. The molecule has 0 aliphatic rings. The fourth-order valence-electron chi connectivity index (χ4n) is 2.07. The van der Waals surface area contributed by atoms with Crippen molar-refractivity contribution in [1.29, 1.82) is 0 Å². The molecule has 0 aromatic heterocycles. The van der Waals surface area contributed by atoms with Gasteiger partial charge >= 0.3 is 0 Å². The molecule has 0 aliphatic carbocycles. The van der Waals surface area contributed by atoms with Crippen LogP contribution in [0.2, 0.25) is 0 Å². The van der Waals surface area contributed by atoms with E-state index in [2.05, 4.69) is 15.9 Å². The van der Waals surface area contributed by atoms with Crippen molar-refractivity contribution in [3.8, 4) is 0 Å². The van der Waals surface area contributed by atoms with Crippen molar-refractivity contribution in [3.05, 3.63) is 69.4 Å². The van der Waals surface area contributed by atoms with Crippen LogP contribution in [0, 0.1) is 12.7 Å². The van der Waals surface area contributed by atoms with Crippen LogP contribution in [0.4, 0.5) is 4.39 Å². The zero-order chi connectivity index (χ0) is 14.0. The Bertz CT molecular complexity index is 576. The van der Waals surface area contributed by atoms with Gasteiger partial charge in [-0.15, -0.1) is 0 Å². The van der Waals surface area contributed by atoms with Gasteiger partial charge in [0.1, 0.15) is 5.82 Å². The molecular formula is C16H16BrFO. The molecule has 0 spiro atoms. The molecule has 0 saturated carbocycles. The standard InChI is InChI=1S/C16H16BrFO/c1-11-6-8-13(9-7-11)16(2,19)10-12-4-3-5-14(18)15(12)17/h3-9,19H,10H2,1-2H3. The molecule has 1 N–H and O–H groups in total. The second-order valence-corrected chi connectivity index (χ2v) is 5.82. The Morgan fingerprint density at radius 1 is 1.16 bits per heavy atom. The molecule has 19 heavy (non-hydrogen) atoms. The van der Waals surface area contributed by atoms with Gasteiger partial charge in [0.25, 0.3) is 0 Å². The van der Waals surface area contributed by atoms with Crippen LogP contribution >= 0.6 is 15.9 Å². The Labute approximate surface area is 121 Å². The van der Waals surface area contributed by atoms with Crippen LogP contribution < -0.4 is 0 Å². The van der Waals surface area contributed by atoms with E-state index in [0.717, 1.165) is 16.7 Å². The van der Waals surface area contributed by atoms with Gasteiger partial charge in [-0.25, -0.2) is 4.39 Å². The van der Waals surface area contributed by atoms with Crippen molar-refractivity contribution in [3.63, 3.8) is 0 Å². The molecule has 2 aromatic rings. The summed E-state index contributed by atoms with van der Waals surface area (Å²) in [6, 6.07) is 12.6. The smallest absolute Gasteiger partial charge is 0.137 e. The topological polar surface area (TPSA) is 20.2 Å². The van der Waals surface area contributed by atoms with Gasteiger partial charge in [-0.2, -0.15) is 0 Å². The van der Waals surface area contributed by atoms with Crippen LogP contribution in [-0.4, -0.2) is 5.11 Å². The first-order chi connectivity index (χ1) is 8.90. The number of aliphatic hydroxyl groups is 1. The Balaban J connectivity index is 2.30. The van der Waals surface area contributed by atoms with Crippen LogP contribution in [0.15, 0.2) is 46.9 Å². The van der Waals surface area contributed by atoms with Crippen LogP contribution in [0.3, 0.4) is 0 Å². The van der Waals surface area contributed by atoms with E-state index in [9.17, 15) is 9.50 Å². The Morgan fingerprint density at radius 3 is 2.42 bits per heavy atom. The highest BCUT2D eigenvalue weighted by molar-refractivity contribution is 9.10. The maximum Gasteiger partial charge on any atom is 0.137 e. The maximum absolute atomic E-state index is 13.5. The quantitative estimate of drug-likeness (QED) is 0.890. The second-order valence-electron chi connectivity index (χ2n) is 5.03. The molecule has 0 amide bonds. The Hall–Kier alpha value is -1.19. The van der Waals surface area contributed by atoms with E-state index in [-0.39, 0.29) is 5.82 Å². The SMILES string of the molecule is Cc1ccc(C(C)(O)Cc2cccc(F)c2Br)cc1. The maximum atomic E-state index is 13.5. The molecule has 1 atom stereocenters. The van der Waals surface area contributed by atoms with Crippen LogP contribution in [0.25, 0.3) is 0 Å². The minimum Gasteiger partial charge on any atom is -0.385 e. The Kier molecular flexibility index (Phi) is 4.07. The highest BCUT2D eigenvalue weighted by atomic mass is 79.9. The zero-order valence-electron chi connectivity index (χ0n) is 11.0. The van der Waals surface area contributed by atoms with Gasteiger partial charge in [0, 0.05) is 6.42 Å². The minimum absolute atomic E-state index is 0.308. The van der Waals surface area contributed by atoms with Gasteiger partial charge in [-0.05, 0) is 47.0 Å². The van der Waals surface area contributed by atoms with E-state index in [1.165, 1.54) is 6.07 Å². The third-order valence-electron chi connectivity index (χ3n) is 3.24. The van der Waals surface area contributed by atoms with E-state index >= 15 is 0 Å². The number of halogens is 2. The molecule has 0 radical (unpaired) electrons. The molecule has 100 valence electrons. The van der Waals surface area contributed by atoms with E-state index in [1.807, 2.05) is 37.3 Å². The minimum atomic E-state index is -1.02. The van der Waals surface area contributed by atoms with Gasteiger partial charge < -0.3 is 5.11 Å². The summed E-state index contributed by atoms with van der Waals surface area (Å²) in [5, 5.41) is 10.6. The van der Waals surface area contributed by atoms with E-state index in [1.54, 1.807) is 13.0 Å². The first-order valence-corrected chi connectivity index (χ1v) is 6.92. The monoisotopic (exact) mass is 322 g/mol. The molecule has 1 unspecified atom stereocenters. The van der Waals surface area contributed by atoms with Crippen molar-refractivity contribution in [1.82, 2.24) is 0 Å². The number of aryl methyl sites for hydroxylation is 1. The van der Waals surface area contributed by atoms with E-state index < -0.39 is 5.60 Å². The number of benzene rings is 2. The molecule has 1 nitrogen and oxygen atoms in total. The van der Waals surface area contributed by atoms with Gasteiger partial charge in [-0.1, -0.05) is 42.0 Å². The van der Waals surface area contributed by atoms with Crippen molar-refractivity contribution < 1.29 is 9.50 Å². The first kappa shape index (κ1) is 14.2. The van der Waals surface area contributed by atoms with E-state index in [4.69, 9.17) is 0 Å². The van der Waals surface area contributed by atoms with Crippen molar-refractivity contribution in [2.45, 2.75) is 25.9 Å². The summed E-state index contributed by atoms with van der Waals surface area (Å²) in [4.78, 5) is 0. The van der Waals surface area contributed by atoms with Gasteiger partial charge in [0.15, 0.2) is 0 Å². The lowest BCUT2D eigenvalue weighted by molar-refractivity contribution is 0.0574. The molecule has 0 bridgehead atoms. The zero-order valence-corrected chi connectivity index (χ0v) is 12.5. The lowest BCUT2D eigenvalue weighted by atomic mass is 9.88. The lowest BCUT2D eigenvalue weighted by Crippen LogP contribution is -2.24. The molecule has 0 aliphatic heterocycles. The number of rotatable bonds is 3. The van der Waals surface area contributed by atoms with Crippen molar-refractivity contribution >= 4 is 15.9 Å². The average molecular weight is 323 g/mol. The van der Waals surface area contributed by atoms with Crippen molar-refractivity contribution in [2.24, 2.45) is 0 Å². The van der Waals surface area contributed by atoms with Crippen LogP contribution in [0.1, 0.15) is 23.6 Å². The number of hydrogen-bond acceptors (Lipinski definition) is 1. The molecule has 2 rings (SSSR count).